The van der Waals surface area contributed by atoms with Gasteiger partial charge in [0.15, 0.2) is 0 Å². The van der Waals surface area contributed by atoms with E-state index in [1.807, 2.05) is 0 Å². The highest BCUT2D eigenvalue weighted by atomic mass is 32.2. The first kappa shape index (κ1) is 14.8. The molecule has 5 nitrogen and oxygen atoms in total. The smallest absolute Gasteiger partial charge is 0.208 e. The van der Waals surface area contributed by atoms with Crippen LogP contribution in [0.3, 0.4) is 0 Å². The lowest BCUT2D eigenvalue weighted by molar-refractivity contribution is 0.394. The highest BCUT2D eigenvalue weighted by Crippen LogP contribution is 1.82. The Morgan fingerprint density at radius 2 is 1.67 bits per heavy atom. The van der Waals surface area contributed by atoms with Gasteiger partial charge in [0.1, 0.15) is 0 Å². The third-order valence-corrected chi connectivity index (χ3v) is 2.58. The Labute approximate surface area is 93.3 Å². The molecule has 0 aliphatic carbocycles. The van der Waals surface area contributed by atoms with E-state index < -0.39 is 10.0 Å². The average molecular weight is 237 g/mol. The van der Waals surface area contributed by atoms with Crippen LogP contribution in [-0.2, 0) is 10.0 Å². The molecule has 0 bridgehead atoms. The van der Waals surface area contributed by atoms with Gasteiger partial charge in [0.05, 0.1) is 6.26 Å². The summed E-state index contributed by atoms with van der Waals surface area (Å²) in [6, 6.07) is 0. The SMILES string of the molecule is CN(C)CCCNCCCNS(C)(=O)=O. The van der Waals surface area contributed by atoms with Crippen LogP contribution in [0.2, 0.25) is 0 Å². The number of sulfonamides is 1. The predicted molar refractivity (Wildman–Crippen MR) is 63.5 cm³/mol. The Balaban J connectivity index is 3.12. The Hall–Kier alpha value is -0.170. The molecular formula is C9H23N3O2S. The molecule has 0 saturated carbocycles. The largest absolute Gasteiger partial charge is 0.317 e. The Morgan fingerprint density at radius 3 is 2.20 bits per heavy atom. The van der Waals surface area contributed by atoms with Gasteiger partial charge in [-0.3, -0.25) is 0 Å². The van der Waals surface area contributed by atoms with E-state index in [9.17, 15) is 8.42 Å². The molecule has 92 valence electrons. The fourth-order valence-electron chi connectivity index (χ4n) is 1.12. The van der Waals surface area contributed by atoms with Gasteiger partial charge in [0, 0.05) is 6.54 Å². The summed E-state index contributed by atoms with van der Waals surface area (Å²) in [7, 11) is 1.09. The topological polar surface area (TPSA) is 61.4 Å². The first-order chi connectivity index (χ1) is 6.92. The molecule has 0 aromatic heterocycles. The van der Waals surface area contributed by atoms with Crippen LogP contribution < -0.4 is 10.0 Å². The van der Waals surface area contributed by atoms with Crippen LogP contribution in [-0.4, -0.2) is 59.8 Å². The van der Waals surface area contributed by atoms with Gasteiger partial charge in [-0.1, -0.05) is 0 Å². The zero-order valence-corrected chi connectivity index (χ0v) is 10.7. The van der Waals surface area contributed by atoms with E-state index in [4.69, 9.17) is 0 Å². The van der Waals surface area contributed by atoms with Crippen molar-refractivity contribution in [1.29, 1.82) is 0 Å². The second-order valence-corrected chi connectivity index (χ2v) is 5.76. The maximum Gasteiger partial charge on any atom is 0.208 e. The quantitative estimate of drug-likeness (QED) is 0.529. The lowest BCUT2D eigenvalue weighted by Crippen LogP contribution is -2.27. The Kier molecular flexibility index (Phi) is 7.95. The minimum atomic E-state index is -3.02. The summed E-state index contributed by atoms with van der Waals surface area (Å²) in [5.41, 5.74) is 0. The summed E-state index contributed by atoms with van der Waals surface area (Å²) >= 11 is 0. The van der Waals surface area contributed by atoms with Crippen LogP contribution >= 0.6 is 0 Å². The lowest BCUT2D eigenvalue weighted by atomic mass is 10.4. The molecule has 0 aliphatic rings. The van der Waals surface area contributed by atoms with Crippen LogP contribution in [0, 0.1) is 0 Å². The number of hydrogen-bond donors (Lipinski definition) is 2. The zero-order chi connectivity index (χ0) is 11.7. The van der Waals surface area contributed by atoms with Crippen LogP contribution in [0.1, 0.15) is 12.8 Å². The zero-order valence-electron chi connectivity index (χ0n) is 9.91. The molecule has 0 spiro atoms. The summed E-state index contributed by atoms with van der Waals surface area (Å²) in [5, 5.41) is 3.27. The van der Waals surface area contributed by atoms with Gasteiger partial charge in [-0.05, 0) is 46.6 Å². The summed E-state index contributed by atoms with van der Waals surface area (Å²) in [6.45, 7) is 3.43. The minimum Gasteiger partial charge on any atom is -0.317 e. The van der Waals surface area contributed by atoms with E-state index in [0.717, 1.165) is 32.5 Å². The predicted octanol–water partition coefficient (Wildman–Crippen LogP) is -0.533. The molecule has 0 amide bonds. The van der Waals surface area contributed by atoms with Gasteiger partial charge < -0.3 is 10.2 Å². The first-order valence-electron chi connectivity index (χ1n) is 5.22. The summed E-state index contributed by atoms with van der Waals surface area (Å²) in [6.07, 6.45) is 3.12. The lowest BCUT2D eigenvalue weighted by Gasteiger charge is -2.09. The number of rotatable bonds is 9. The summed E-state index contributed by atoms with van der Waals surface area (Å²) < 4.78 is 23.9. The van der Waals surface area contributed by atoms with Crippen molar-refractivity contribution >= 4 is 10.0 Å². The molecule has 0 aromatic rings. The molecule has 0 radical (unpaired) electrons. The van der Waals surface area contributed by atoms with Crippen molar-refractivity contribution in [1.82, 2.24) is 14.9 Å². The Morgan fingerprint density at radius 1 is 1.07 bits per heavy atom. The molecule has 6 heteroatoms. The first-order valence-corrected chi connectivity index (χ1v) is 7.11. The van der Waals surface area contributed by atoms with Gasteiger partial charge in [-0.15, -0.1) is 0 Å². The van der Waals surface area contributed by atoms with E-state index in [0.29, 0.717) is 6.54 Å². The van der Waals surface area contributed by atoms with Gasteiger partial charge in [0.2, 0.25) is 10.0 Å². The fourth-order valence-corrected chi connectivity index (χ4v) is 1.63. The monoisotopic (exact) mass is 237 g/mol. The molecule has 0 saturated heterocycles. The van der Waals surface area contributed by atoms with E-state index in [-0.39, 0.29) is 0 Å². The van der Waals surface area contributed by atoms with Crippen molar-refractivity contribution in [3.05, 3.63) is 0 Å². The van der Waals surface area contributed by atoms with Crippen molar-refractivity contribution < 1.29 is 8.42 Å². The van der Waals surface area contributed by atoms with Gasteiger partial charge in [-0.25, -0.2) is 13.1 Å². The van der Waals surface area contributed by atoms with Crippen LogP contribution in [0.25, 0.3) is 0 Å². The van der Waals surface area contributed by atoms with E-state index in [1.165, 1.54) is 6.26 Å². The molecule has 2 N–H and O–H groups in total. The van der Waals surface area contributed by atoms with Crippen molar-refractivity contribution in [2.75, 3.05) is 46.5 Å². The van der Waals surface area contributed by atoms with Crippen molar-refractivity contribution in [2.45, 2.75) is 12.8 Å². The van der Waals surface area contributed by atoms with E-state index in [2.05, 4.69) is 29.0 Å². The van der Waals surface area contributed by atoms with Crippen molar-refractivity contribution in [3.63, 3.8) is 0 Å². The molecule has 0 aliphatic heterocycles. The highest BCUT2D eigenvalue weighted by Gasteiger charge is 1.98. The van der Waals surface area contributed by atoms with Crippen molar-refractivity contribution in [2.24, 2.45) is 0 Å². The molecule has 0 aromatic carbocycles. The fraction of sp³-hybridized carbons (Fsp3) is 1.00. The second-order valence-electron chi connectivity index (χ2n) is 3.93. The number of nitrogens with zero attached hydrogens (tertiary/aromatic N) is 1. The molecule has 0 fully saturated rings. The maximum absolute atomic E-state index is 10.7. The molecule has 0 rings (SSSR count). The van der Waals surface area contributed by atoms with Crippen LogP contribution in [0.5, 0.6) is 0 Å². The third kappa shape index (κ3) is 13.8. The standard InChI is InChI=1S/C9H23N3O2S/c1-12(2)9-5-7-10-6-4-8-11-15(3,13)14/h10-11H,4-9H2,1-3H3. The van der Waals surface area contributed by atoms with Crippen molar-refractivity contribution in [3.8, 4) is 0 Å². The van der Waals surface area contributed by atoms with Crippen LogP contribution in [0.15, 0.2) is 0 Å². The summed E-state index contributed by atoms with van der Waals surface area (Å²) in [5.74, 6) is 0. The highest BCUT2D eigenvalue weighted by molar-refractivity contribution is 7.88. The van der Waals surface area contributed by atoms with Gasteiger partial charge in [0.25, 0.3) is 0 Å². The molecule has 0 unspecified atom stereocenters. The number of nitrogens with one attached hydrogen (secondary N) is 2. The molecule has 0 atom stereocenters. The van der Waals surface area contributed by atoms with Gasteiger partial charge >= 0.3 is 0 Å². The average Bonchev–Trinajstić information content (AvgIpc) is 2.07. The number of hydrogen-bond acceptors (Lipinski definition) is 4. The summed E-state index contributed by atoms with van der Waals surface area (Å²) in [4.78, 5) is 2.15. The van der Waals surface area contributed by atoms with E-state index >= 15 is 0 Å². The third-order valence-electron chi connectivity index (χ3n) is 1.85. The van der Waals surface area contributed by atoms with E-state index in [1.54, 1.807) is 0 Å². The molecule has 15 heavy (non-hydrogen) atoms. The normalized spacial score (nSPS) is 12.3. The molecule has 0 heterocycles. The van der Waals surface area contributed by atoms with Gasteiger partial charge in [-0.2, -0.15) is 0 Å². The maximum atomic E-state index is 10.7. The Bertz CT molecular complexity index is 240. The van der Waals surface area contributed by atoms with Crippen LogP contribution in [0.4, 0.5) is 0 Å². The molecular weight excluding hydrogens is 214 g/mol. The minimum absolute atomic E-state index is 0.513. The second kappa shape index (κ2) is 8.04.